The zero-order chi connectivity index (χ0) is 17.9. The largest absolute Gasteiger partial charge is 0.481 e. The number of unbranched alkanes of at least 4 members (excludes halogenated alkanes) is 8. The standard InChI is InChI=1S/C19H35N3O2/c20-19(21)22-17-15-13-11-9-7-5-3-1-2-4-6-8-10-12-14-16-18(23)24/h1-2,5,7H,3-4,6,8-17H2,(H,23,24)(H4,20,21,22)/b2-1-,7-5-. The van der Waals surface area contributed by atoms with Gasteiger partial charge in [-0.15, -0.1) is 0 Å². The van der Waals surface area contributed by atoms with Crippen LogP contribution in [0.3, 0.4) is 0 Å². The predicted octanol–water partition coefficient (Wildman–Crippen LogP) is 4.35. The van der Waals surface area contributed by atoms with Gasteiger partial charge in [-0.05, 0) is 44.9 Å². The zero-order valence-corrected chi connectivity index (χ0v) is 14.9. The highest BCUT2D eigenvalue weighted by Gasteiger charge is 1.95. The molecule has 0 heterocycles. The third-order valence-corrected chi connectivity index (χ3v) is 3.73. The summed E-state index contributed by atoms with van der Waals surface area (Å²) >= 11 is 0. The molecule has 0 amide bonds. The molecule has 0 radical (unpaired) electrons. The van der Waals surface area contributed by atoms with Crippen LogP contribution in [-0.2, 0) is 4.79 Å². The summed E-state index contributed by atoms with van der Waals surface area (Å²) < 4.78 is 0. The van der Waals surface area contributed by atoms with E-state index in [4.69, 9.17) is 16.2 Å². The summed E-state index contributed by atoms with van der Waals surface area (Å²) in [7, 11) is 0. The Labute approximate surface area is 146 Å². The monoisotopic (exact) mass is 337 g/mol. The lowest BCUT2D eigenvalue weighted by molar-refractivity contribution is -0.137. The van der Waals surface area contributed by atoms with Crippen LogP contribution in [-0.4, -0.2) is 23.6 Å². The third-order valence-electron chi connectivity index (χ3n) is 3.73. The maximum atomic E-state index is 10.4. The molecule has 0 fully saturated rings. The molecular formula is C19H35N3O2. The minimum absolute atomic E-state index is 0.0554. The van der Waals surface area contributed by atoms with Gasteiger partial charge in [0.25, 0.3) is 0 Å². The maximum absolute atomic E-state index is 10.4. The minimum atomic E-state index is -0.684. The van der Waals surface area contributed by atoms with Crippen LogP contribution in [0.1, 0.15) is 77.0 Å². The van der Waals surface area contributed by atoms with Gasteiger partial charge in [-0.2, -0.15) is 0 Å². The highest BCUT2D eigenvalue weighted by molar-refractivity contribution is 5.74. The summed E-state index contributed by atoms with van der Waals surface area (Å²) in [5.41, 5.74) is 5.20. The molecule has 24 heavy (non-hydrogen) atoms. The molecule has 0 aliphatic heterocycles. The first kappa shape index (κ1) is 22.2. The first-order valence-electron chi connectivity index (χ1n) is 9.22. The molecule has 0 bridgehead atoms. The molecule has 138 valence electrons. The molecule has 0 aromatic carbocycles. The van der Waals surface area contributed by atoms with E-state index >= 15 is 0 Å². The van der Waals surface area contributed by atoms with Crippen molar-refractivity contribution in [2.75, 3.05) is 6.54 Å². The van der Waals surface area contributed by atoms with Crippen molar-refractivity contribution in [1.82, 2.24) is 5.32 Å². The van der Waals surface area contributed by atoms with Gasteiger partial charge in [0.15, 0.2) is 5.96 Å². The molecule has 0 spiro atoms. The fraction of sp³-hybridized carbons (Fsp3) is 0.684. The number of allylic oxidation sites excluding steroid dienone is 4. The summed E-state index contributed by atoms with van der Waals surface area (Å²) in [6, 6.07) is 0. The molecule has 0 unspecified atom stereocenters. The number of carbonyl (C=O) groups is 1. The van der Waals surface area contributed by atoms with Crippen molar-refractivity contribution < 1.29 is 9.90 Å². The van der Waals surface area contributed by atoms with E-state index in [1.165, 1.54) is 19.3 Å². The first-order valence-corrected chi connectivity index (χ1v) is 9.22. The Kier molecular flexibility index (Phi) is 16.3. The molecule has 0 aromatic heterocycles. The lowest BCUT2D eigenvalue weighted by atomic mass is 10.1. The van der Waals surface area contributed by atoms with Crippen molar-refractivity contribution in [2.45, 2.75) is 77.0 Å². The Bertz CT molecular complexity index is 379. The minimum Gasteiger partial charge on any atom is -0.481 e. The zero-order valence-electron chi connectivity index (χ0n) is 14.9. The average molecular weight is 338 g/mol. The Balaban J connectivity index is 3.22. The van der Waals surface area contributed by atoms with E-state index in [2.05, 4.69) is 29.6 Å². The fourth-order valence-corrected chi connectivity index (χ4v) is 2.36. The van der Waals surface area contributed by atoms with Gasteiger partial charge >= 0.3 is 5.97 Å². The van der Waals surface area contributed by atoms with E-state index in [-0.39, 0.29) is 5.96 Å². The second-order valence-electron chi connectivity index (χ2n) is 6.07. The van der Waals surface area contributed by atoms with Crippen molar-refractivity contribution in [3.8, 4) is 0 Å². The summed E-state index contributed by atoms with van der Waals surface area (Å²) in [5, 5.41) is 18.4. The van der Waals surface area contributed by atoms with Gasteiger partial charge in [0.05, 0.1) is 0 Å². The lowest BCUT2D eigenvalue weighted by Crippen LogP contribution is -2.30. The second-order valence-corrected chi connectivity index (χ2v) is 6.07. The van der Waals surface area contributed by atoms with Gasteiger partial charge in [0.1, 0.15) is 0 Å². The molecule has 0 rings (SSSR count). The van der Waals surface area contributed by atoms with Crippen LogP contribution in [0, 0.1) is 5.41 Å². The second kappa shape index (κ2) is 17.6. The van der Waals surface area contributed by atoms with Gasteiger partial charge in [0.2, 0.25) is 0 Å². The van der Waals surface area contributed by atoms with Gasteiger partial charge < -0.3 is 16.2 Å². The Morgan fingerprint density at radius 1 is 0.875 bits per heavy atom. The first-order chi connectivity index (χ1) is 11.6. The van der Waals surface area contributed by atoms with E-state index < -0.39 is 5.97 Å². The molecule has 0 aromatic rings. The van der Waals surface area contributed by atoms with Crippen LogP contribution in [0.5, 0.6) is 0 Å². The molecular weight excluding hydrogens is 302 g/mol. The molecule has 0 atom stereocenters. The van der Waals surface area contributed by atoms with Crippen LogP contribution in [0.4, 0.5) is 0 Å². The third kappa shape index (κ3) is 20.2. The quantitative estimate of drug-likeness (QED) is 0.146. The maximum Gasteiger partial charge on any atom is 0.303 e. The van der Waals surface area contributed by atoms with E-state index in [0.29, 0.717) is 6.42 Å². The highest BCUT2D eigenvalue weighted by Crippen LogP contribution is 2.08. The van der Waals surface area contributed by atoms with Gasteiger partial charge in [-0.25, -0.2) is 0 Å². The summed E-state index contributed by atoms with van der Waals surface area (Å²) in [6.07, 6.45) is 21.2. The highest BCUT2D eigenvalue weighted by atomic mass is 16.4. The molecule has 5 N–H and O–H groups in total. The Morgan fingerprint density at radius 2 is 1.42 bits per heavy atom. The van der Waals surface area contributed by atoms with Gasteiger partial charge in [0, 0.05) is 13.0 Å². The summed E-state index contributed by atoms with van der Waals surface area (Å²) in [4.78, 5) is 10.4. The number of guanidine groups is 1. The van der Waals surface area contributed by atoms with Crippen molar-refractivity contribution in [3.05, 3.63) is 24.3 Å². The summed E-state index contributed by atoms with van der Waals surface area (Å²) in [5.74, 6) is -0.629. The lowest BCUT2D eigenvalue weighted by Gasteiger charge is -2.01. The molecule has 0 saturated carbocycles. The smallest absolute Gasteiger partial charge is 0.303 e. The summed E-state index contributed by atoms with van der Waals surface area (Å²) in [6.45, 7) is 0.793. The van der Waals surface area contributed by atoms with Gasteiger partial charge in [-0.1, -0.05) is 50.0 Å². The van der Waals surface area contributed by atoms with E-state index in [9.17, 15) is 4.79 Å². The predicted molar refractivity (Wildman–Crippen MR) is 101 cm³/mol. The average Bonchev–Trinajstić information content (AvgIpc) is 2.53. The van der Waals surface area contributed by atoms with Gasteiger partial charge in [-0.3, -0.25) is 10.2 Å². The van der Waals surface area contributed by atoms with Crippen LogP contribution >= 0.6 is 0 Å². The number of carboxylic acids is 1. The molecule has 0 aliphatic rings. The number of hydrogen-bond acceptors (Lipinski definition) is 2. The van der Waals surface area contributed by atoms with Crippen LogP contribution in [0.15, 0.2) is 24.3 Å². The SMILES string of the molecule is N=C(N)NCCCCC/C=C\C/C=C\CCCCCCCC(=O)O. The number of aliphatic carboxylic acids is 1. The van der Waals surface area contributed by atoms with Crippen LogP contribution in [0.25, 0.3) is 0 Å². The van der Waals surface area contributed by atoms with E-state index in [0.717, 1.165) is 57.9 Å². The Morgan fingerprint density at radius 3 is 2.00 bits per heavy atom. The van der Waals surface area contributed by atoms with E-state index in [1.807, 2.05) is 0 Å². The Hall–Kier alpha value is -1.78. The number of carboxylic acid groups (broad SMARTS) is 1. The normalized spacial score (nSPS) is 11.3. The van der Waals surface area contributed by atoms with Crippen molar-refractivity contribution >= 4 is 11.9 Å². The fourth-order valence-electron chi connectivity index (χ4n) is 2.36. The van der Waals surface area contributed by atoms with Crippen LogP contribution in [0.2, 0.25) is 0 Å². The number of nitrogens with one attached hydrogen (secondary N) is 2. The molecule has 5 nitrogen and oxygen atoms in total. The van der Waals surface area contributed by atoms with Crippen molar-refractivity contribution in [1.29, 1.82) is 5.41 Å². The molecule has 0 saturated heterocycles. The molecule has 5 heteroatoms. The van der Waals surface area contributed by atoms with E-state index in [1.54, 1.807) is 0 Å². The number of rotatable bonds is 16. The van der Waals surface area contributed by atoms with Crippen molar-refractivity contribution in [3.63, 3.8) is 0 Å². The number of hydrogen-bond donors (Lipinski definition) is 4. The number of nitrogens with two attached hydrogens (primary N) is 1. The topological polar surface area (TPSA) is 99.2 Å². The van der Waals surface area contributed by atoms with Crippen molar-refractivity contribution in [2.24, 2.45) is 5.73 Å². The van der Waals surface area contributed by atoms with Crippen LogP contribution < -0.4 is 11.1 Å². The molecule has 0 aliphatic carbocycles.